The zero-order chi connectivity index (χ0) is 18.2. The predicted octanol–water partition coefficient (Wildman–Crippen LogP) is 4.31. The Balaban J connectivity index is 1.80. The second kappa shape index (κ2) is 9.08. The van der Waals surface area contributed by atoms with E-state index in [2.05, 4.69) is 5.32 Å². The first-order valence-corrected chi connectivity index (χ1v) is 8.31. The number of amides is 1. The summed E-state index contributed by atoms with van der Waals surface area (Å²) < 4.78 is 10.6. The second-order valence-electron chi connectivity index (χ2n) is 5.61. The molecule has 2 aromatic rings. The molecule has 0 aliphatic carbocycles. The van der Waals surface area contributed by atoms with Crippen LogP contribution in [0.15, 0.2) is 48.5 Å². The number of ether oxygens (including phenoxy) is 2. The molecule has 0 saturated heterocycles. The number of benzene rings is 2. The number of carbonyl (C=O) groups excluding carboxylic acids is 2. The van der Waals surface area contributed by atoms with Gasteiger partial charge in [0, 0.05) is 5.69 Å². The van der Waals surface area contributed by atoms with Crippen LogP contribution in [0.2, 0.25) is 5.02 Å². The number of esters is 1. The maximum atomic E-state index is 11.9. The van der Waals surface area contributed by atoms with Crippen LogP contribution in [0, 0.1) is 0 Å². The topological polar surface area (TPSA) is 64.6 Å². The van der Waals surface area contributed by atoms with Crippen LogP contribution in [-0.4, -0.2) is 24.6 Å². The number of rotatable bonds is 7. The molecule has 0 atom stereocenters. The van der Waals surface area contributed by atoms with E-state index in [0.29, 0.717) is 22.0 Å². The van der Waals surface area contributed by atoms with Gasteiger partial charge in [-0.1, -0.05) is 23.7 Å². The third kappa shape index (κ3) is 6.12. The minimum absolute atomic E-state index is 0.176. The van der Waals surface area contributed by atoms with Crippen LogP contribution in [0.25, 0.3) is 0 Å². The summed E-state index contributed by atoms with van der Waals surface area (Å²) in [5.41, 5.74) is 1.04. The highest BCUT2D eigenvalue weighted by molar-refractivity contribution is 6.32. The number of anilines is 1. The molecule has 0 radical (unpaired) electrons. The lowest BCUT2D eigenvalue weighted by Crippen LogP contribution is -2.15. The highest BCUT2D eigenvalue weighted by atomic mass is 35.5. The third-order valence-electron chi connectivity index (χ3n) is 3.17. The van der Waals surface area contributed by atoms with Crippen LogP contribution in [0.1, 0.15) is 30.6 Å². The van der Waals surface area contributed by atoms with Crippen LogP contribution < -0.4 is 10.1 Å². The van der Waals surface area contributed by atoms with Crippen molar-refractivity contribution >= 4 is 29.2 Å². The van der Waals surface area contributed by atoms with Gasteiger partial charge in [0.05, 0.1) is 29.7 Å². The number of halogens is 1. The van der Waals surface area contributed by atoms with Gasteiger partial charge in [0.15, 0.2) is 0 Å². The lowest BCUT2D eigenvalue weighted by molar-refractivity contribution is -0.116. The number of nitrogens with one attached hydrogen (secondary N) is 1. The molecule has 2 aromatic carbocycles. The zero-order valence-electron chi connectivity index (χ0n) is 14.1. The summed E-state index contributed by atoms with van der Waals surface area (Å²) in [4.78, 5) is 23.7. The molecular formula is C19H20ClNO4. The molecule has 0 unspecified atom stereocenters. The van der Waals surface area contributed by atoms with Crippen molar-refractivity contribution in [2.45, 2.75) is 26.4 Å². The molecule has 0 fully saturated rings. The molecule has 0 aliphatic heterocycles. The van der Waals surface area contributed by atoms with Gasteiger partial charge in [-0.2, -0.15) is 0 Å². The van der Waals surface area contributed by atoms with Gasteiger partial charge in [-0.3, -0.25) is 4.79 Å². The Bertz CT molecular complexity index is 728. The van der Waals surface area contributed by atoms with Crippen LogP contribution in [0.4, 0.5) is 5.69 Å². The lowest BCUT2D eigenvalue weighted by atomic mass is 10.2. The van der Waals surface area contributed by atoms with E-state index in [4.69, 9.17) is 21.1 Å². The molecule has 0 aliphatic rings. The van der Waals surface area contributed by atoms with Gasteiger partial charge in [0.2, 0.25) is 5.91 Å². The molecule has 1 N–H and O–H groups in total. The molecule has 0 spiro atoms. The fourth-order valence-electron chi connectivity index (χ4n) is 2.01. The fraction of sp³-hybridized carbons (Fsp3) is 0.263. The van der Waals surface area contributed by atoms with Gasteiger partial charge >= 0.3 is 5.97 Å². The standard InChI is InChI=1S/C19H20ClNO4/c1-13(2)25-19(23)14-7-9-15(10-8-14)21-18(22)11-12-24-17-6-4-3-5-16(17)20/h3-10,13H,11-12H2,1-2H3,(H,21,22). The summed E-state index contributed by atoms with van der Waals surface area (Å²) in [5, 5.41) is 3.25. The predicted molar refractivity (Wildman–Crippen MR) is 97.2 cm³/mol. The van der Waals surface area contributed by atoms with Crippen molar-refractivity contribution in [3.8, 4) is 5.75 Å². The minimum Gasteiger partial charge on any atom is -0.491 e. The highest BCUT2D eigenvalue weighted by Crippen LogP contribution is 2.23. The quantitative estimate of drug-likeness (QED) is 0.746. The van der Waals surface area contributed by atoms with E-state index in [1.165, 1.54) is 0 Å². The minimum atomic E-state index is -0.388. The average Bonchev–Trinajstić information content (AvgIpc) is 2.56. The van der Waals surface area contributed by atoms with Gasteiger partial charge < -0.3 is 14.8 Å². The normalized spacial score (nSPS) is 10.4. The zero-order valence-corrected chi connectivity index (χ0v) is 14.9. The molecular weight excluding hydrogens is 342 g/mol. The van der Waals surface area contributed by atoms with Gasteiger partial charge in [0.25, 0.3) is 0 Å². The van der Waals surface area contributed by atoms with E-state index in [0.717, 1.165) is 0 Å². The van der Waals surface area contributed by atoms with Crippen molar-refractivity contribution in [3.63, 3.8) is 0 Å². The maximum Gasteiger partial charge on any atom is 0.338 e. The molecule has 5 nitrogen and oxygen atoms in total. The van der Waals surface area contributed by atoms with Crippen molar-refractivity contribution in [1.29, 1.82) is 0 Å². The Morgan fingerprint density at radius 2 is 1.76 bits per heavy atom. The second-order valence-corrected chi connectivity index (χ2v) is 6.02. The molecule has 6 heteroatoms. The Kier molecular flexibility index (Phi) is 6.83. The van der Waals surface area contributed by atoms with Crippen LogP contribution in [-0.2, 0) is 9.53 Å². The van der Waals surface area contributed by atoms with Crippen molar-refractivity contribution < 1.29 is 19.1 Å². The van der Waals surface area contributed by atoms with Gasteiger partial charge in [0.1, 0.15) is 5.75 Å². The number of carbonyl (C=O) groups is 2. The van der Waals surface area contributed by atoms with Gasteiger partial charge in [-0.05, 0) is 50.2 Å². The lowest BCUT2D eigenvalue weighted by Gasteiger charge is -2.10. The molecule has 0 saturated carbocycles. The Hall–Kier alpha value is -2.53. The summed E-state index contributed by atoms with van der Waals surface area (Å²) in [7, 11) is 0. The molecule has 0 heterocycles. The first-order valence-electron chi connectivity index (χ1n) is 7.94. The van der Waals surface area contributed by atoms with Crippen LogP contribution in [0.3, 0.4) is 0 Å². The third-order valence-corrected chi connectivity index (χ3v) is 3.48. The summed E-state index contributed by atoms with van der Waals surface area (Å²) in [6.07, 6.45) is 0.00697. The van der Waals surface area contributed by atoms with Crippen molar-refractivity contribution in [1.82, 2.24) is 0 Å². The van der Waals surface area contributed by atoms with Crippen molar-refractivity contribution in [3.05, 3.63) is 59.1 Å². The Labute approximate surface area is 151 Å². The first-order chi connectivity index (χ1) is 12.0. The van der Waals surface area contributed by atoms with E-state index in [1.807, 2.05) is 12.1 Å². The van der Waals surface area contributed by atoms with Crippen molar-refractivity contribution in [2.75, 3.05) is 11.9 Å². The van der Waals surface area contributed by atoms with E-state index in [-0.39, 0.29) is 31.0 Å². The average molecular weight is 362 g/mol. The van der Waals surface area contributed by atoms with E-state index in [9.17, 15) is 9.59 Å². The summed E-state index contributed by atoms with van der Waals surface area (Å²) in [6, 6.07) is 13.6. The Morgan fingerprint density at radius 1 is 1.08 bits per heavy atom. The van der Waals surface area contributed by atoms with E-state index < -0.39 is 0 Å². The highest BCUT2D eigenvalue weighted by Gasteiger charge is 2.10. The van der Waals surface area contributed by atoms with Gasteiger partial charge in [-0.25, -0.2) is 4.79 Å². The maximum absolute atomic E-state index is 11.9. The van der Waals surface area contributed by atoms with Crippen LogP contribution >= 0.6 is 11.6 Å². The monoisotopic (exact) mass is 361 g/mol. The molecule has 132 valence electrons. The molecule has 2 rings (SSSR count). The molecule has 0 bridgehead atoms. The summed E-state index contributed by atoms with van der Waals surface area (Å²) in [6.45, 7) is 3.79. The fourth-order valence-corrected chi connectivity index (χ4v) is 2.20. The summed E-state index contributed by atoms with van der Waals surface area (Å²) in [5.74, 6) is -0.0319. The van der Waals surface area contributed by atoms with Crippen LogP contribution in [0.5, 0.6) is 5.75 Å². The number of hydrogen-bond acceptors (Lipinski definition) is 4. The Morgan fingerprint density at radius 3 is 2.40 bits per heavy atom. The van der Waals surface area contributed by atoms with Crippen molar-refractivity contribution in [2.24, 2.45) is 0 Å². The largest absolute Gasteiger partial charge is 0.491 e. The first kappa shape index (κ1) is 18.8. The van der Waals surface area contributed by atoms with Gasteiger partial charge in [-0.15, -0.1) is 0 Å². The summed E-state index contributed by atoms with van der Waals surface area (Å²) >= 11 is 5.98. The SMILES string of the molecule is CC(C)OC(=O)c1ccc(NC(=O)CCOc2ccccc2Cl)cc1. The number of hydrogen-bond donors (Lipinski definition) is 1. The van der Waals surface area contributed by atoms with E-state index >= 15 is 0 Å². The smallest absolute Gasteiger partial charge is 0.338 e. The molecule has 25 heavy (non-hydrogen) atoms. The molecule has 0 aromatic heterocycles. The number of para-hydroxylation sites is 1. The molecule has 1 amide bonds. The van der Waals surface area contributed by atoms with E-state index in [1.54, 1.807) is 50.2 Å².